The molecule has 5 nitrogen and oxygen atoms in total. The van der Waals surface area contributed by atoms with Crippen LogP contribution in [-0.4, -0.2) is 23.3 Å². The second kappa shape index (κ2) is 9.76. The molecule has 0 unspecified atom stereocenters. The largest absolute Gasteiger partial charge is 0.488 e. The molecule has 0 atom stereocenters. The molecule has 5 heteroatoms. The van der Waals surface area contributed by atoms with Gasteiger partial charge >= 0.3 is 0 Å². The minimum Gasteiger partial charge on any atom is -0.488 e. The second-order valence-electron chi connectivity index (χ2n) is 7.34. The maximum absolute atomic E-state index is 12.5. The number of hydrogen-bond acceptors (Lipinski definition) is 3. The zero-order valence-electron chi connectivity index (χ0n) is 17.2. The molecule has 0 aliphatic carbocycles. The van der Waals surface area contributed by atoms with Crippen LogP contribution >= 0.6 is 0 Å². The van der Waals surface area contributed by atoms with E-state index in [0.29, 0.717) is 24.5 Å². The molecule has 31 heavy (non-hydrogen) atoms. The fraction of sp³-hybridized carbons (Fsp3) is 0.154. The third-order valence-corrected chi connectivity index (χ3v) is 5.15. The molecule has 4 aromatic rings. The van der Waals surface area contributed by atoms with Crippen molar-refractivity contribution in [2.45, 2.75) is 19.6 Å². The smallest absolute Gasteiger partial charge is 0.239 e. The highest BCUT2D eigenvalue weighted by molar-refractivity contribution is 6.01. The van der Waals surface area contributed by atoms with Gasteiger partial charge in [-0.2, -0.15) is 0 Å². The Kier molecular flexibility index (Phi) is 6.43. The number of carbonyl (C=O) groups is 2. The van der Waals surface area contributed by atoms with Gasteiger partial charge in [-0.1, -0.05) is 66.7 Å². The zero-order chi connectivity index (χ0) is 21.5. The van der Waals surface area contributed by atoms with Crippen molar-refractivity contribution in [2.24, 2.45) is 0 Å². The van der Waals surface area contributed by atoms with Crippen LogP contribution in [-0.2, 0) is 24.4 Å². The van der Waals surface area contributed by atoms with Gasteiger partial charge in [-0.25, -0.2) is 0 Å². The minimum atomic E-state index is -0.0964. The summed E-state index contributed by atoms with van der Waals surface area (Å²) < 4.78 is 7.81. The molecule has 1 aromatic heterocycles. The lowest BCUT2D eigenvalue weighted by atomic mass is 10.1. The molecule has 0 saturated heterocycles. The van der Waals surface area contributed by atoms with Crippen molar-refractivity contribution in [3.05, 3.63) is 102 Å². The van der Waals surface area contributed by atoms with Gasteiger partial charge in [0.25, 0.3) is 0 Å². The monoisotopic (exact) mass is 412 g/mol. The van der Waals surface area contributed by atoms with Crippen LogP contribution in [0.3, 0.4) is 0 Å². The minimum absolute atomic E-state index is 0.0964. The van der Waals surface area contributed by atoms with Crippen molar-refractivity contribution in [3.63, 3.8) is 0 Å². The first kappa shape index (κ1) is 20.4. The summed E-state index contributed by atoms with van der Waals surface area (Å²) in [5.74, 6) is 0.535. The van der Waals surface area contributed by atoms with Gasteiger partial charge in [0.15, 0.2) is 6.29 Å². The van der Waals surface area contributed by atoms with E-state index in [1.54, 1.807) is 10.8 Å². The molecule has 0 fully saturated rings. The first-order valence-electron chi connectivity index (χ1n) is 10.3. The lowest BCUT2D eigenvalue weighted by Gasteiger charge is -2.10. The van der Waals surface area contributed by atoms with Gasteiger partial charge in [0.2, 0.25) is 5.91 Å². The lowest BCUT2D eigenvalue weighted by Crippen LogP contribution is -2.29. The van der Waals surface area contributed by atoms with E-state index in [1.165, 1.54) is 5.56 Å². The van der Waals surface area contributed by atoms with Gasteiger partial charge in [0, 0.05) is 18.3 Å². The number of amides is 1. The van der Waals surface area contributed by atoms with E-state index in [4.69, 9.17) is 4.74 Å². The Labute approximate surface area is 181 Å². The highest BCUT2D eigenvalue weighted by Gasteiger charge is 2.15. The summed E-state index contributed by atoms with van der Waals surface area (Å²) in [5, 5.41) is 3.68. The Balaban J connectivity index is 1.46. The highest BCUT2D eigenvalue weighted by atomic mass is 16.5. The number of benzene rings is 3. The number of nitrogens with one attached hydrogen (secondary N) is 1. The predicted molar refractivity (Wildman–Crippen MR) is 121 cm³/mol. The van der Waals surface area contributed by atoms with E-state index in [2.05, 4.69) is 5.32 Å². The van der Waals surface area contributed by atoms with E-state index in [-0.39, 0.29) is 12.5 Å². The van der Waals surface area contributed by atoms with E-state index >= 15 is 0 Å². The SMILES string of the molecule is O=Cc1cn(CC(=O)NCCc2ccccc2)c2cccc(OCc3ccccc3)c12. The van der Waals surface area contributed by atoms with Crippen LogP contribution in [0.1, 0.15) is 21.5 Å². The van der Waals surface area contributed by atoms with E-state index in [1.807, 2.05) is 78.9 Å². The Bertz CT molecular complexity index is 1170. The molecule has 0 saturated carbocycles. The number of rotatable bonds is 9. The molecule has 0 aliphatic heterocycles. The van der Waals surface area contributed by atoms with Crippen LogP contribution in [0, 0.1) is 0 Å². The van der Waals surface area contributed by atoms with Crippen LogP contribution in [0.2, 0.25) is 0 Å². The summed E-state index contributed by atoms with van der Waals surface area (Å²) >= 11 is 0. The Hall–Kier alpha value is -3.86. The fourth-order valence-corrected chi connectivity index (χ4v) is 3.63. The summed E-state index contributed by atoms with van der Waals surface area (Å²) in [7, 11) is 0. The van der Waals surface area contributed by atoms with Crippen LogP contribution in [0.15, 0.2) is 85.1 Å². The topological polar surface area (TPSA) is 60.3 Å². The summed E-state index contributed by atoms with van der Waals surface area (Å²) in [6.07, 6.45) is 3.29. The number of ether oxygens (including phenoxy) is 1. The van der Waals surface area contributed by atoms with E-state index in [0.717, 1.165) is 29.2 Å². The first-order valence-corrected chi connectivity index (χ1v) is 10.3. The van der Waals surface area contributed by atoms with Gasteiger partial charge < -0.3 is 14.6 Å². The number of aromatic nitrogens is 1. The molecule has 0 bridgehead atoms. The van der Waals surface area contributed by atoms with Gasteiger partial charge in [-0.15, -0.1) is 0 Å². The second-order valence-corrected chi connectivity index (χ2v) is 7.34. The number of carbonyl (C=O) groups excluding carboxylic acids is 2. The molecule has 1 N–H and O–H groups in total. The Morgan fingerprint density at radius 2 is 1.61 bits per heavy atom. The van der Waals surface area contributed by atoms with E-state index in [9.17, 15) is 9.59 Å². The summed E-state index contributed by atoms with van der Waals surface area (Å²) in [5.41, 5.74) is 3.53. The molecular weight excluding hydrogens is 388 g/mol. The van der Waals surface area contributed by atoms with Crippen LogP contribution in [0.4, 0.5) is 0 Å². The van der Waals surface area contributed by atoms with Gasteiger partial charge in [0.1, 0.15) is 18.9 Å². The van der Waals surface area contributed by atoms with Gasteiger partial charge in [-0.3, -0.25) is 9.59 Å². The summed E-state index contributed by atoms with van der Waals surface area (Å²) in [6.45, 7) is 1.11. The Morgan fingerprint density at radius 1 is 0.903 bits per heavy atom. The molecule has 156 valence electrons. The Morgan fingerprint density at radius 3 is 2.32 bits per heavy atom. The van der Waals surface area contributed by atoms with Crippen molar-refractivity contribution < 1.29 is 14.3 Å². The van der Waals surface area contributed by atoms with Gasteiger partial charge in [-0.05, 0) is 29.7 Å². The molecular formula is C26H24N2O3. The molecule has 0 spiro atoms. The zero-order valence-corrected chi connectivity index (χ0v) is 17.2. The van der Waals surface area contributed by atoms with Crippen molar-refractivity contribution in [2.75, 3.05) is 6.54 Å². The van der Waals surface area contributed by atoms with Crippen molar-refractivity contribution >= 4 is 23.1 Å². The maximum Gasteiger partial charge on any atom is 0.239 e. The van der Waals surface area contributed by atoms with Crippen LogP contribution in [0.5, 0.6) is 5.75 Å². The molecule has 1 amide bonds. The summed E-state index contributed by atoms with van der Waals surface area (Å²) in [6, 6.07) is 25.5. The third-order valence-electron chi connectivity index (χ3n) is 5.15. The standard InChI is InChI=1S/C26H24N2O3/c29-18-22-16-28(17-25(30)27-15-14-20-8-3-1-4-9-20)23-12-7-13-24(26(22)23)31-19-21-10-5-2-6-11-21/h1-13,16,18H,14-15,17,19H2,(H,27,30). The van der Waals surface area contributed by atoms with Crippen LogP contribution < -0.4 is 10.1 Å². The molecule has 4 rings (SSSR count). The maximum atomic E-state index is 12.5. The molecule has 0 radical (unpaired) electrons. The number of aldehydes is 1. The number of hydrogen-bond donors (Lipinski definition) is 1. The first-order chi connectivity index (χ1) is 15.2. The summed E-state index contributed by atoms with van der Waals surface area (Å²) in [4.78, 5) is 24.2. The average molecular weight is 412 g/mol. The lowest BCUT2D eigenvalue weighted by molar-refractivity contribution is -0.121. The van der Waals surface area contributed by atoms with Crippen molar-refractivity contribution in [1.29, 1.82) is 0 Å². The van der Waals surface area contributed by atoms with E-state index < -0.39 is 0 Å². The fourth-order valence-electron chi connectivity index (χ4n) is 3.63. The van der Waals surface area contributed by atoms with Crippen LogP contribution in [0.25, 0.3) is 10.9 Å². The third kappa shape index (κ3) is 5.01. The quantitative estimate of drug-likeness (QED) is 0.415. The highest BCUT2D eigenvalue weighted by Crippen LogP contribution is 2.30. The molecule has 3 aromatic carbocycles. The average Bonchev–Trinajstić information content (AvgIpc) is 3.17. The normalized spacial score (nSPS) is 10.7. The molecule has 0 aliphatic rings. The van der Waals surface area contributed by atoms with Gasteiger partial charge in [0.05, 0.1) is 10.9 Å². The van der Waals surface area contributed by atoms with Crippen molar-refractivity contribution in [3.8, 4) is 5.75 Å². The number of nitrogens with zero attached hydrogens (tertiary/aromatic N) is 1. The predicted octanol–water partition coefficient (Wildman–Crippen LogP) is 4.39. The van der Waals surface area contributed by atoms with Crippen molar-refractivity contribution in [1.82, 2.24) is 9.88 Å². The number of fused-ring (bicyclic) bond motifs is 1. The molecule has 1 heterocycles.